The maximum atomic E-state index is 5.42. The molecule has 0 amide bonds. The summed E-state index contributed by atoms with van der Waals surface area (Å²) in [5, 5.41) is 0. The molecular formula is C13H20O2Si. The summed E-state index contributed by atoms with van der Waals surface area (Å²) in [5.41, 5.74) is 1.24. The van der Waals surface area contributed by atoms with Crippen LogP contribution in [0.25, 0.3) is 6.08 Å². The molecule has 3 heteroatoms. The molecule has 0 aliphatic heterocycles. The average Bonchev–Trinajstić information content (AvgIpc) is 2.36. The first kappa shape index (κ1) is 13.2. The first-order valence-electron chi connectivity index (χ1n) is 5.52. The molecule has 0 saturated carbocycles. The van der Waals surface area contributed by atoms with Crippen LogP contribution >= 0.6 is 0 Å². The minimum Gasteiger partial charge on any atom is -0.398 e. The lowest BCUT2D eigenvalue weighted by atomic mass is 10.2. The molecule has 0 atom stereocenters. The smallest absolute Gasteiger partial charge is 0.334 e. The summed E-state index contributed by atoms with van der Waals surface area (Å²) < 4.78 is 10.8. The lowest BCUT2D eigenvalue weighted by Gasteiger charge is -2.21. The Bertz CT molecular complexity index is 318. The standard InChI is InChI=1S/C13H20O2Si/c1-14-16(3,15-2)12-8-7-11-13-9-5-4-6-10-13/h4-7,9-11H,8,12H2,1-3H3. The molecule has 0 radical (unpaired) electrons. The van der Waals surface area contributed by atoms with Crippen LogP contribution in [0, 0.1) is 0 Å². The quantitative estimate of drug-likeness (QED) is 0.704. The summed E-state index contributed by atoms with van der Waals surface area (Å²) in [5.74, 6) is 0. The average molecular weight is 236 g/mol. The van der Waals surface area contributed by atoms with Crippen molar-refractivity contribution in [3.05, 3.63) is 42.0 Å². The molecule has 16 heavy (non-hydrogen) atoms. The van der Waals surface area contributed by atoms with Crippen LogP contribution in [-0.4, -0.2) is 22.8 Å². The Morgan fingerprint density at radius 2 is 1.75 bits per heavy atom. The Kier molecular flexibility index (Phi) is 5.45. The third kappa shape index (κ3) is 4.31. The zero-order chi connectivity index (χ0) is 11.9. The number of benzene rings is 1. The van der Waals surface area contributed by atoms with Gasteiger partial charge in [-0.25, -0.2) is 0 Å². The van der Waals surface area contributed by atoms with E-state index < -0.39 is 8.56 Å². The van der Waals surface area contributed by atoms with Crippen molar-refractivity contribution < 1.29 is 8.85 Å². The lowest BCUT2D eigenvalue weighted by molar-refractivity contribution is 0.250. The van der Waals surface area contributed by atoms with E-state index in [2.05, 4.69) is 30.8 Å². The van der Waals surface area contributed by atoms with Crippen LogP contribution in [0.2, 0.25) is 12.6 Å². The second-order valence-electron chi connectivity index (χ2n) is 3.89. The van der Waals surface area contributed by atoms with Crippen LogP contribution in [0.5, 0.6) is 0 Å². The molecule has 0 unspecified atom stereocenters. The lowest BCUT2D eigenvalue weighted by Crippen LogP contribution is -2.35. The fraction of sp³-hybridized carbons (Fsp3) is 0.385. The minimum atomic E-state index is -1.89. The summed E-state index contributed by atoms with van der Waals surface area (Å²) in [4.78, 5) is 0. The van der Waals surface area contributed by atoms with Gasteiger partial charge in [0.05, 0.1) is 0 Å². The molecule has 0 aromatic heterocycles. The maximum Gasteiger partial charge on any atom is 0.334 e. The van der Waals surface area contributed by atoms with E-state index in [1.54, 1.807) is 14.2 Å². The molecule has 1 rings (SSSR count). The normalized spacial score (nSPS) is 12.2. The van der Waals surface area contributed by atoms with Gasteiger partial charge in [-0.3, -0.25) is 0 Å². The van der Waals surface area contributed by atoms with E-state index in [9.17, 15) is 0 Å². The fourth-order valence-electron chi connectivity index (χ4n) is 1.42. The molecule has 2 nitrogen and oxygen atoms in total. The van der Waals surface area contributed by atoms with Gasteiger partial charge in [-0.05, 0) is 24.6 Å². The fourth-order valence-corrected chi connectivity index (χ4v) is 2.68. The Morgan fingerprint density at radius 1 is 1.12 bits per heavy atom. The van der Waals surface area contributed by atoms with E-state index >= 15 is 0 Å². The van der Waals surface area contributed by atoms with Crippen LogP contribution in [0.15, 0.2) is 36.4 Å². The monoisotopic (exact) mass is 236 g/mol. The molecule has 0 fully saturated rings. The van der Waals surface area contributed by atoms with E-state index in [0.29, 0.717) is 0 Å². The number of hydrogen-bond acceptors (Lipinski definition) is 2. The van der Waals surface area contributed by atoms with Gasteiger partial charge < -0.3 is 8.85 Å². The highest BCUT2D eigenvalue weighted by molar-refractivity contribution is 6.65. The summed E-state index contributed by atoms with van der Waals surface area (Å²) in [6.07, 6.45) is 5.32. The van der Waals surface area contributed by atoms with Crippen LogP contribution in [-0.2, 0) is 8.85 Å². The topological polar surface area (TPSA) is 18.5 Å². The zero-order valence-electron chi connectivity index (χ0n) is 10.3. The Hall–Kier alpha value is -0.903. The molecule has 0 saturated heterocycles. The van der Waals surface area contributed by atoms with Gasteiger partial charge in [-0.1, -0.05) is 42.5 Å². The van der Waals surface area contributed by atoms with E-state index in [-0.39, 0.29) is 0 Å². The zero-order valence-corrected chi connectivity index (χ0v) is 11.3. The van der Waals surface area contributed by atoms with Gasteiger partial charge in [-0.2, -0.15) is 0 Å². The highest BCUT2D eigenvalue weighted by Crippen LogP contribution is 2.14. The molecule has 0 aliphatic rings. The molecule has 88 valence electrons. The Balaban J connectivity index is 2.38. The Labute approximate surface area is 99.2 Å². The van der Waals surface area contributed by atoms with Gasteiger partial charge in [0.15, 0.2) is 0 Å². The SMILES string of the molecule is CO[Si](C)(CCC=Cc1ccccc1)OC. The highest BCUT2D eigenvalue weighted by atomic mass is 28.4. The predicted molar refractivity (Wildman–Crippen MR) is 70.5 cm³/mol. The first-order valence-corrected chi connectivity index (χ1v) is 8.04. The molecule has 0 N–H and O–H groups in total. The van der Waals surface area contributed by atoms with Crippen LogP contribution < -0.4 is 0 Å². The minimum absolute atomic E-state index is 0.989. The summed E-state index contributed by atoms with van der Waals surface area (Å²) >= 11 is 0. The van der Waals surface area contributed by atoms with Crippen LogP contribution in [0.1, 0.15) is 12.0 Å². The van der Waals surface area contributed by atoms with Crippen molar-refractivity contribution in [2.24, 2.45) is 0 Å². The van der Waals surface area contributed by atoms with Crippen LogP contribution in [0.4, 0.5) is 0 Å². The highest BCUT2D eigenvalue weighted by Gasteiger charge is 2.27. The third-order valence-electron chi connectivity index (χ3n) is 2.74. The number of hydrogen-bond donors (Lipinski definition) is 0. The number of allylic oxidation sites excluding steroid dienone is 1. The van der Waals surface area contributed by atoms with Gasteiger partial charge in [0, 0.05) is 14.2 Å². The van der Waals surface area contributed by atoms with Crippen molar-refractivity contribution >= 4 is 14.6 Å². The van der Waals surface area contributed by atoms with Gasteiger partial charge >= 0.3 is 8.56 Å². The molecular weight excluding hydrogens is 216 g/mol. The van der Waals surface area contributed by atoms with Crippen molar-refractivity contribution in [1.82, 2.24) is 0 Å². The first-order chi connectivity index (χ1) is 7.70. The molecule has 0 bridgehead atoms. The molecule has 0 heterocycles. The van der Waals surface area contributed by atoms with E-state index in [1.165, 1.54) is 5.56 Å². The molecule has 1 aromatic carbocycles. The van der Waals surface area contributed by atoms with E-state index in [1.807, 2.05) is 18.2 Å². The second-order valence-corrected chi connectivity index (χ2v) is 7.48. The van der Waals surface area contributed by atoms with Gasteiger partial charge in [-0.15, -0.1) is 0 Å². The molecule has 0 aliphatic carbocycles. The van der Waals surface area contributed by atoms with Crippen molar-refractivity contribution in [3.8, 4) is 0 Å². The molecule has 1 aromatic rings. The largest absolute Gasteiger partial charge is 0.398 e. The predicted octanol–water partition coefficient (Wildman–Crippen LogP) is 3.45. The van der Waals surface area contributed by atoms with Crippen molar-refractivity contribution in [2.45, 2.75) is 19.0 Å². The van der Waals surface area contributed by atoms with Crippen molar-refractivity contribution in [2.75, 3.05) is 14.2 Å². The van der Waals surface area contributed by atoms with E-state index in [4.69, 9.17) is 8.85 Å². The van der Waals surface area contributed by atoms with Crippen molar-refractivity contribution in [3.63, 3.8) is 0 Å². The van der Waals surface area contributed by atoms with Gasteiger partial charge in [0.25, 0.3) is 0 Å². The van der Waals surface area contributed by atoms with Crippen molar-refractivity contribution in [1.29, 1.82) is 0 Å². The number of rotatable bonds is 6. The maximum absolute atomic E-state index is 5.42. The van der Waals surface area contributed by atoms with Crippen LogP contribution in [0.3, 0.4) is 0 Å². The van der Waals surface area contributed by atoms with Gasteiger partial charge in [0.2, 0.25) is 0 Å². The summed E-state index contributed by atoms with van der Waals surface area (Å²) in [6, 6.07) is 11.3. The van der Waals surface area contributed by atoms with E-state index in [0.717, 1.165) is 12.5 Å². The second kappa shape index (κ2) is 6.63. The molecule has 0 spiro atoms. The Morgan fingerprint density at radius 3 is 2.31 bits per heavy atom. The van der Waals surface area contributed by atoms with Gasteiger partial charge in [0.1, 0.15) is 0 Å². The summed E-state index contributed by atoms with van der Waals surface area (Å²) in [6.45, 7) is 2.09. The third-order valence-corrected chi connectivity index (χ3v) is 5.66. The summed E-state index contributed by atoms with van der Waals surface area (Å²) in [7, 11) is 1.58.